The lowest BCUT2D eigenvalue weighted by atomic mass is 10.4. The van der Waals surface area contributed by atoms with Gasteiger partial charge in [-0.3, -0.25) is 0 Å². The molecule has 0 fully saturated rings. The van der Waals surface area contributed by atoms with E-state index in [2.05, 4.69) is 25.9 Å². The van der Waals surface area contributed by atoms with Crippen molar-refractivity contribution in [3.8, 4) is 0 Å². The van der Waals surface area contributed by atoms with Gasteiger partial charge in [-0.2, -0.15) is 0 Å². The van der Waals surface area contributed by atoms with Crippen molar-refractivity contribution < 1.29 is 0 Å². The molecule has 0 unspecified atom stereocenters. The first-order chi connectivity index (χ1) is 5.66. The summed E-state index contributed by atoms with van der Waals surface area (Å²) in [5, 5.41) is 1.24. The minimum Gasteiger partial charge on any atom is -0.368 e. The van der Waals surface area contributed by atoms with Crippen LogP contribution in [0.5, 0.6) is 0 Å². The van der Waals surface area contributed by atoms with Crippen LogP contribution in [-0.2, 0) is 0 Å². The number of halogens is 2. The number of nitrogens with two attached hydrogens (primary N) is 1. The van der Waals surface area contributed by atoms with Crippen LogP contribution in [0.4, 0.5) is 5.95 Å². The molecule has 0 aromatic carbocycles. The van der Waals surface area contributed by atoms with E-state index >= 15 is 0 Å². The molecule has 3 nitrogen and oxygen atoms in total. The van der Waals surface area contributed by atoms with Crippen molar-refractivity contribution in [1.29, 1.82) is 0 Å². The number of rotatable bonds is 0. The summed E-state index contributed by atoms with van der Waals surface area (Å²) < 4.78 is 0.972. The van der Waals surface area contributed by atoms with Crippen molar-refractivity contribution in [1.82, 2.24) is 9.97 Å². The van der Waals surface area contributed by atoms with Gasteiger partial charge >= 0.3 is 0 Å². The van der Waals surface area contributed by atoms with Gasteiger partial charge in [0, 0.05) is 0 Å². The maximum atomic E-state index is 5.83. The summed E-state index contributed by atoms with van der Waals surface area (Å²) in [6, 6.07) is 1.88. The highest BCUT2D eigenvalue weighted by atomic mass is 79.9. The van der Waals surface area contributed by atoms with Crippen molar-refractivity contribution in [3.05, 3.63) is 15.0 Å². The van der Waals surface area contributed by atoms with Crippen molar-refractivity contribution >= 4 is 55.0 Å². The summed E-state index contributed by atoms with van der Waals surface area (Å²) in [6.45, 7) is 0. The van der Waals surface area contributed by atoms with Crippen molar-refractivity contribution in [2.45, 2.75) is 0 Å². The van der Waals surface area contributed by atoms with Crippen LogP contribution in [0.3, 0.4) is 0 Å². The molecule has 12 heavy (non-hydrogen) atoms. The first-order valence-corrected chi connectivity index (χ1v) is 5.03. The molecule has 0 amide bonds. The van der Waals surface area contributed by atoms with Crippen LogP contribution in [0.25, 0.3) is 10.2 Å². The summed E-state index contributed by atoms with van der Waals surface area (Å²) in [7, 11) is 0. The van der Waals surface area contributed by atoms with Crippen molar-refractivity contribution in [2.24, 2.45) is 0 Å². The number of hydrogen-bond donors (Lipinski definition) is 1. The molecule has 0 saturated carbocycles. The van der Waals surface area contributed by atoms with Crippen molar-refractivity contribution in [2.75, 3.05) is 5.73 Å². The molecule has 2 rings (SSSR count). The molecule has 0 radical (unpaired) electrons. The number of nitrogen functional groups attached to an aromatic ring is 1. The molecule has 0 spiro atoms. The Labute approximate surface area is 85.7 Å². The van der Waals surface area contributed by atoms with Gasteiger partial charge in [0.25, 0.3) is 0 Å². The fourth-order valence-corrected chi connectivity index (χ4v) is 2.61. The van der Waals surface area contributed by atoms with Gasteiger partial charge < -0.3 is 5.73 Å². The minimum atomic E-state index is 0.210. The number of fused-ring (bicyclic) bond motifs is 1. The molecule has 0 bridgehead atoms. The van der Waals surface area contributed by atoms with E-state index in [1.54, 1.807) is 0 Å². The fraction of sp³-hybridized carbons (Fsp3) is 0. The van der Waals surface area contributed by atoms with Crippen LogP contribution >= 0.6 is 38.9 Å². The molecular formula is C6H3BrClN3S. The Kier molecular flexibility index (Phi) is 1.94. The van der Waals surface area contributed by atoms with E-state index in [9.17, 15) is 0 Å². The third kappa shape index (κ3) is 1.28. The highest BCUT2D eigenvalue weighted by molar-refractivity contribution is 9.11. The van der Waals surface area contributed by atoms with E-state index in [4.69, 9.17) is 17.3 Å². The second kappa shape index (κ2) is 2.83. The number of nitrogens with zero attached hydrogens (tertiary/aromatic N) is 2. The molecule has 0 aliphatic rings. The van der Waals surface area contributed by atoms with E-state index in [0.717, 1.165) is 14.0 Å². The molecule has 62 valence electrons. The average molecular weight is 265 g/mol. The topological polar surface area (TPSA) is 51.8 Å². The SMILES string of the molecule is Nc1nc(Cl)c2cc(Br)sc2n1. The summed E-state index contributed by atoms with van der Waals surface area (Å²) in [5.41, 5.74) is 5.42. The Hall–Kier alpha value is -0.390. The van der Waals surface area contributed by atoms with Crippen LogP contribution < -0.4 is 5.73 Å². The number of anilines is 1. The van der Waals surface area contributed by atoms with Crippen LogP contribution in [0.2, 0.25) is 5.15 Å². The van der Waals surface area contributed by atoms with Crippen LogP contribution in [0, 0.1) is 0 Å². The predicted octanol–water partition coefficient (Wildman–Crippen LogP) is 2.69. The van der Waals surface area contributed by atoms with E-state index < -0.39 is 0 Å². The molecule has 0 aliphatic carbocycles. The molecule has 2 aromatic rings. The zero-order chi connectivity index (χ0) is 8.72. The largest absolute Gasteiger partial charge is 0.368 e. The molecule has 2 N–H and O–H groups in total. The van der Waals surface area contributed by atoms with Gasteiger partial charge in [-0.15, -0.1) is 11.3 Å². The minimum absolute atomic E-state index is 0.210. The first-order valence-electron chi connectivity index (χ1n) is 3.05. The normalized spacial score (nSPS) is 10.8. The lowest BCUT2D eigenvalue weighted by Gasteiger charge is -1.93. The van der Waals surface area contributed by atoms with E-state index in [0.29, 0.717) is 5.15 Å². The molecular weight excluding hydrogens is 262 g/mol. The first kappa shape index (κ1) is 8.22. The second-order valence-corrected chi connectivity index (χ2v) is 4.91. The zero-order valence-electron chi connectivity index (χ0n) is 5.71. The number of thiophene rings is 1. The van der Waals surface area contributed by atoms with Crippen molar-refractivity contribution in [3.63, 3.8) is 0 Å². The third-order valence-electron chi connectivity index (χ3n) is 1.33. The standard InChI is InChI=1S/C6H3BrClN3S/c7-3-1-2-4(8)10-6(9)11-5(2)12-3/h1H,(H2,9,10,11). The highest BCUT2D eigenvalue weighted by Gasteiger charge is 2.06. The number of aromatic nitrogens is 2. The van der Waals surface area contributed by atoms with E-state index in [1.807, 2.05) is 6.07 Å². The Morgan fingerprint density at radius 3 is 3.00 bits per heavy atom. The third-order valence-corrected chi connectivity index (χ3v) is 3.15. The monoisotopic (exact) mass is 263 g/mol. The predicted molar refractivity (Wildman–Crippen MR) is 54.5 cm³/mol. The second-order valence-electron chi connectivity index (χ2n) is 2.14. The summed E-state index contributed by atoms with van der Waals surface area (Å²) >= 11 is 10.6. The number of hydrogen-bond acceptors (Lipinski definition) is 4. The van der Waals surface area contributed by atoms with Gasteiger partial charge in [-0.1, -0.05) is 11.6 Å². The van der Waals surface area contributed by atoms with E-state index in [1.165, 1.54) is 11.3 Å². The van der Waals surface area contributed by atoms with Gasteiger partial charge in [0.1, 0.15) is 9.98 Å². The maximum Gasteiger partial charge on any atom is 0.222 e. The average Bonchev–Trinajstić information content (AvgIpc) is 2.29. The molecule has 6 heteroatoms. The summed E-state index contributed by atoms with van der Waals surface area (Å²) in [6.07, 6.45) is 0. The Bertz CT molecular complexity index is 442. The Balaban J connectivity index is 2.88. The van der Waals surface area contributed by atoms with Crippen LogP contribution in [0.15, 0.2) is 9.85 Å². The van der Waals surface area contributed by atoms with Crippen LogP contribution in [-0.4, -0.2) is 9.97 Å². The summed E-state index contributed by atoms with van der Waals surface area (Å²) in [5.74, 6) is 0.210. The Morgan fingerprint density at radius 2 is 2.25 bits per heavy atom. The highest BCUT2D eigenvalue weighted by Crippen LogP contribution is 2.32. The van der Waals surface area contributed by atoms with Gasteiger partial charge in [0.15, 0.2) is 0 Å². The van der Waals surface area contributed by atoms with Gasteiger partial charge in [0.2, 0.25) is 5.95 Å². The lowest BCUT2D eigenvalue weighted by molar-refractivity contribution is 1.25. The molecule has 2 heterocycles. The lowest BCUT2D eigenvalue weighted by Crippen LogP contribution is -1.93. The van der Waals surface area contributed by atoms with Gasteiger partial charge in [0.05, 0.1) is 9.17 Å². The summed E-state index contributed by atoms with van der Waals surface area (Å²) in [4.78, 5) is 8.67. The quantitative estimate of drug-likeness (QED) is 0.744. The van der Waals surface area contributed by atoms with Gasteiger partial charge in [-0.05, 0) is 22.0 Å². The maximum absolute atomic E-state index is 5.83. The molecule has 2 aromatic heterocycles. The molecule has 0 aliphatic heterocycles. The fourth-order valence-electron chi connectivity index (χ4n) is 0.873. The zero-order valence-corrected chi connectivity index (χ0v) is 8.87. The molecule has 0 atom stereocenters. The Morgan fingerprint density at radius 1 is 1.50 bits per heavy atom. The van der Waals surface area contributed by atoms with Gasteiger partial charge in [-0.25, -0.2) is 9.97 Å². The van der Waals surface area contributed by atoms with Crippen LogP contribution in [0.1, 0.15) is 0 Å². The smallest absolute Gasteiger partial charge is 0.222 e. The van der Waals surface area contributed by atoms with E-state index in [-0.39, 0.29) is 5.95 Å². The molecule has 0 saturated heterocycles.